The Labute approximate surface area is 204 Å². The number of nitrogens with one attached hydrogen (secondary N) is 2. The van der Waals surface area contributed by atoms with E-state index in [1.165, 1.54) is 29.5 Å². The molecule has 2 N–H and O–H groups in total. The van der Waals surface area contributed by atoms with Crippen LogP contribution < -0.4 is 10.6 Å². The second-order valence-corrected chi connectivity index (χ2v) is 9.42. The molecule has 0 saturated heterocycles. The van der Waals surface area contributed by atoms with Gasteiger partial charge in [0, 0.05) is 8.95 Å². The first-order chi connectivity index (χ1) is 14.7. The molecule has 0 atom stereocenters. The molecule has 6 nitrogen and oxygen atoms in total. The van der Waals surface area contributed by atoms with Crippen LogP contribution in [0.15, 0.2) is 56.8 Å². The summed E-state index contributed by atoms with van der Waals surface area (Å²) >= 11 is 14.2. The van der Waals surface area contributed by atoms with Crippen LogP contribution in [0.5, 0.6) is 0 Å². The lowest BCUT2D eigenvalue weighted by Crippen LogP contribution is -2.21. The molecule has 0 bridgehead atoms. The van der Waals surface area contributed by atoms with E-state index in [2.05, 4.69) is 42.5 Å². The van der Waals surface area contributed by atoms with E-state index in [9.17, 15) is 14.4 Å². The Bertz CT molecular complexity index is 1130. The van der Waals surface area contributed by atoms with E-state index >= 15 is 0 Å². The molecule has 10 heteroatoms. The Balaban J connectivity index is 1.63. The molecule has 1 heterocycles. The number of ether oxygens (including phenoxy) is 1. The van der Waals surface area contributed by atoms with Crippen LogP contribution in [0.3, 0.4) is 0 Å². The number of carbonyl (C=O) groups excluding carboxylic acids is 3. The number of anilines is 2. The molecule has 0 saturated carbocycles. The largest absolute Gasteiger partial charge is 0.452 e. The van der Waals surface area contributed by atoms with Crippen molar-refractivity contribution in [2.75, 3.05) is 17.2 Å². The van der Waals surface area contributed by atoms with Gasteiger partial charge in [0.2, 0.25) is 0 Å². The Kier molecular flexibility index (Phi) is 7.88. The number of hydrogen-bond acceptors (Lipinski definition) is 5. The molecule has 2 amide bonds. The number of amides is 2. The van der Waals surface area contributed by atoms with Crippen LogP contribution in [-0.4, -0.2) is 24.4 Å². The fraction of sp³-hybridized carbons (Fsp3) is 0.0952. The van der Waals surface area contributed by atoms with Gasteiger partial charge >= 0.3 is 5.97 Å². The van der Waals surface area contributed by atoms with E-state index in [1.54, 1.807) is 17.5 Å². The Morgan fingerprint density at radius 2 is 1.77 bits per heavy atom. The van der Waals surface area contributed by atoms with Crippen molar-refractivity contribution in [3.63, 3.8) is 0 Å². The predicted molar refractivity (Wildman–Crippen MR) is 129 cm³/mol. The molecule has 160 valence electrons. The molecule has 2 aromatic carbocycles. The van der Waals surface area contributed by atoms with Gasteiger partial charge in [0.05, 0.1) is 26.8 Å². The van der Waals surface area contributed by atoms with E-state index in [0.717, 1.165) is 5.56 Å². The lowest BCUT2D eigenvalue weighted by molar-refractivity contribution is -0.119. The smallest absolute Gasteiger partial charge is 0.338 e. The first-order valence-electron chi connectivity index (χ1n) is 8.81. The molecular formula is C21H15Br2ClN2O4S. The summed E-state index contributed by atoms with van der Waals surface area (Å²) in [4.78, 5) is 37.4. The Morgan fingerprint density at radius 1 is 1.06 bits per heavy atom. The molecule has 3 aromatic rings. The van der Waals surface area contributed by atoms with Crippen molar-refractivity contribution >= 4 is 84.0 Å². The highest BCUT2D eigenvalue weighted by molar-refractivity contribution is 9.11. The fourth-order valence-corrected chi connectivity index (χ4v) is 4.95. The Hall–Kier alpha value is -2.20. The van der Waals surface area contributed by atoms with Gasteiger partial charge in [-0.1, -0.05) is 17.7 Å². The molecule has 3 rings (SSSR count). The molecule has 0 radical (unpaired) electrons. The average molecular weight is 587 g/mol. The third-order valence-electron chi connectivity index (χ3n) is 3.98. The van der Waals surface area contributed by atoms with E-state index in [-0.39, 0.29) is 22.2 Å². The molecular weight excluding hydrogens is 572 g/mol. The summed E-state index contributed by atoms with van der Waals surface area (Å²) in [6.45, 7) is 1.44. The third kappa shape index (κ3) is 6.16. The zero-order valence-electron chi connectivity index (χ0n) is 16.0. The lowest BCUT2D eigenvalue weighted by Gasteiger charge is -2.12. The van der Waals surface area contributed by atoms with Crippen LogP contribution in [0.1, 0.15) is 25.6 Å². The number of aryl methyl sites for hydroxylation is 1. The standard InChI is InChI=1S/C21H15Br2ClN2O4S/c1-11-7-13(22)19(14(23)8-11)26-18(27)10-30-21(29)12-4-5-15(24)16(9-12)25-20(28)17-3-2-6-31-17/h2-9H,10H2,1H3,(H,25,28)(H,26,27). The number of carbonyl (C=O) groups is 3. The van der Waals surface area contributed by atoms with Crippen LogP contribution in [0.4, 0.5) is 11.4 Å². The zero-order chi connectivity index (χ0) is 22.5. The number of rotatable bonds is 6. The van der Waals surface area contributed by atoms with E-state index in [1.807, 2.05) is 19.1 Å². The molecule has 0 unspecified atom stereocenters. The normalized spacial score (nSPS) is 10.5. The van der Waals surface area contributed by atoms with Gasteiger partial charge in [-0.15, -0.1) is 11.3 Å². The first kappa shape index (κ1) is 23.5. The van der Waals surface area contributed by atoms with E-state index in [4.69, 9.17) is 16.3 Å². The highest BCUT2D eigenvalue weighted by atomic mass is 79.9. The van der Waals surface area contributed by atoms with E-state index < -0.39 is 18.5 Å². The Morgan fingerprint density at radius 3 is 2.42 bits per heavy atom. The molecule has 0 aliphatic heterocycles. The van der Waals surface area contributed by atoms with Crippen LogP contribution in [0.2, 0.25) is 5.02 Å². The van der Waals surface area contributed by atoms with Crippen molar-refractivity contribution < 1.29 is 19.1 Å². The zero-order valence-corrected chi connectivity index (χ0v) is 20.7. The summed E-state index contributed by atoms with van der Waals surface area (Å²) in [5, 5.41) is 7.40. The van der Waals surface area contributed by atoms with Gasteiger partial charge in [-0.2, -0.15) is 0 Å². The van der Waals surface area contributed by atoms with Gasteiger partial charge in [0.25, 0.3) is 11.8 Å². The second kappa shape index (κ2) is 10.4. The van der Waals surface area contributed by atoms with Gasteiger partial charge in [0.15, 0.2) is 6.61 Å². The fourth-order valence-electron chi connectivity index (χ4n) is 2.55. The summed E-state index contributed by atoms with van der Waals surface area (Å²) < 4.78 is 6.50. The lowest BCUT2D eigenvalue weighted by atomic mass is 10.2. The first-order valence-corrected chi connectivity index (χ1v) is 11.7. The van der Waals surface area contributed by atoms with Gasteiger partial charge in [0.1, 0.15) is 0 Å². The van der Waals surface area contributed by atoms with Crippen molar-refractivity contribution in [1.29, 1.82) is 0 Å². The monoisotopic (exact) mass is 584 g/mol. The van der Waals surface area contributed by atoms with Gasteiger partial charge in [-0.3, -0.25) is 9.59 Å². The quantitative estimate of drug-likeness (QED) is 0.333. The van der Waals surface area contributed by atoms with Gasteiger partial charge in [-0.05, 0) is 86.1 Å². The van der Waals surface area contributed by atoms with E-state index in [0.29, 0.717) is 19.5 Å². The summed E-state index contributed by atoms with van der Waals surface area (Å²) in [6, 6.07) is 11.5. The van der Waals surface area contributed by atoms with Gasteiger partial charge in [-0.25, -0.2) is 4.79 Å². The predicted octanol–water partition coefficient (Wildman–Crippen LogP) is 6.28. The van der Waals surface area contributed by atoms with Crippen molar-refractivity contribution in [2.24, 2.45) is 0 Å². The summed E-state index contributed by atoms with van der Waals surface area (Å²) in [7, 11) is 0. The van der Waals surface area contributed by atoms with Crippen molar-refractivity contribution in [3.05, 3.63) is 77.8 Å². The maximum absolute atomic E-state index is 12.4. The molecule has 0 fully saturated rings. The maximum atomic E-state index is 12.4. The minimum Gasteiger partial charge on any atom is -0.452 e. The van der Waals surface area contributed by atoms with Crippen LogP contribution in [-0.2, 0) is 9.53 Å². The summed E-state index contributed by atoms with van der Waals surface area (Å²) in [5.41, 5.74) is 1.97. The number of benzene rings is 2. The highest BCUT2D eigenvalue weighted by Crippen LogP contribution is 2.32. The van der Waals surface area contributed by atoms with Crippen LogP contribution in [0.25, 0.3) is 0 Å². The van der Waals surface area contributed by atoms with Gasteiger partial charge < -0.3 is 15.4 Å². The summed E-state index contributed by atoms with van der Waals surface area (Å²) in [5.74, 6) is -1.56. The molecule has 0 spiro atoms. The summed E-state index contributed by atoms with van der Waals surface area (Å²) in [6.07, 6.45) is 0. The molecule has 31 heavy (non-hydrogen) atoms. The average Bonchev–Trinajstić information content (AvgIpc) is 3.25. The number of halogens is 3. The number of thiophene rings is 1. The van der Waals surface area contributed by atoms with Crippen LogP contribution >= 0.6 is 54.8 Å². The van der Waals surface area contributed by atoms with Crippen molar-refractivity contribution in [2.45, 2.75) is 6.92 Å². The molecule has 0 aliphatic carbocycles. The minimum absolute atomic E-state index is 0.149. The second-order valence-electron chi connectivity index (χ2n) is 6.35. The maximum Gasteiger partial charge on any atom is 0.338 e. The third-order valence-corrected chi connectivity index (χ3v) is 6.43. The topological polar surface area (TPSA) is 84.5 Å². The SMILES string of the molecule is Cc1cc(Br)c(NC(=O)COC(=O)c2ccc(Cl)c(NC(=O)c3cccs3)c2)c(Br)c1. The van der Waals surface area contributed by atoms with Crippen molar-refractivity contribution in [3.8, 4) is 0 Å². The number of hydrogen-bond donors (Lipinski definition) is 2. The molecule has 0 aliphatic rings. The highest BCUT2D eigenvalue weighted by Gasteiger charge is 2.16. The molecule has 1 aromatic heterocycles. The minimum atomic E-state index is -0.722. The van der Waals surface area contributed by atoms with Crippen LogP contribution in [0, 0.1) is 6.92 Å². The van der Waals surface area contributed by atoms with Crippen molar-refractivity contribution in [1.82, 2.24) is 0 Å². The number of esters is 1.